The van der Waals surface area contributed by atoms with Crippen molar-refractivity contribution in [3.05, 3.63) is 18.1 Å². The first-order valence-electron chi connectivity index (χ1n) is 5.48. The Kier molecular flexibility index (Phi) is 6.03. The number of hydrogen-bond acceptors (Lipinski definition) is 7. The molecule has 7 heteroatoms. The number of esters is 1. The molecule has 2 N–H and O–H groups in total. The number of hydrogen-bond donors (Lipinski definition) is 2. The molecule has 1 unspecified atom stereocenters. The molecule has 0 aromatic carbocycles. The average Bonchev–Trinajstić information content (AvgIpc) is 2.39. The molecule has 0 saturated carbocycles. The quantitative estimate of drug-likeness (QED) is 0.666. The number of anilines is 1. The van der Waals surface area contributed by atoms with Crippen molar-refractivity contribution in [2.24, 2.45) is 0 Å². The molecular formula is C11H17N3O4. The summed E-state index contributed by atoms with van der Waals surface area (Å²) < 4.78 is 9.53. The number of methoxy groups -OCH3 is 2. The van der Waals surface area contributed by atoms with E-state index in [2.05, 4.69) is 20.0 Å². The Morgan fingerprint density at radius 1 is 1.44 bits per heavy atom. The van der Waals surface area contributed by atoms with E-state index in [1.165, 1.54) is 19.5 Å². The molecule has 1 rings (SSSR count). The third kappa shape index (κ3) is 4.27. The van der Waals surface area contributed by atoms with Gasteiger partial charge in [-0.1, -0.05) is 0 Å². The van der Waals surface area contributed by atoms with Crippen LogP contribution in [0.5, 0.6) is 0 Å². The Morgan fingerprint density at radius 2 is 2.22 bits per heavy atom. The van der Waals surface area contributed by atoms with E-state index < -0.39 is 5.97 Å². The van der Waals surface area contributed by atoms with Gasteiger partial charge >= 0.3 is 5.97 Å². The fourth-order valence-corrected chi connectivity index (χ4v) is 1.38. The van der Waals surface area contributed by atoms with Crippen molar-refractivity contribution >= 4 is 11.8 Å². The molecule has 0 aliphatic carbocycles. The Labute approximate surface area is 105 Å². The highest BCUT2D eigenvalue weighted by Gasteiger charge is 2.11. The van der Waals surface area contributed by atoms with Crippen LogP contribution in [0.3, 0.4) is 0 Å². The fraction of sp³-hybridized carbons (Fsp3) is 0.545. The Hall–Kier alpha value is -1.73. The Morgan fingerprint density at radius 3 is 2.72 bits per heavy atom. The summed E-state index contributed by atoms with van der Waals surface area (Å²) in [5, 5.41) is 12.0. The minimum atomic E-state index is -0.530. The van der Waals surface area contributed by atoms with Crippen molar-refractivity contribution < 1.29 is 19.4 Å². The first kappa shape index (κ1) is 14.3. The van der Waals surface area contributed by atoms with E-state index in [1.807, 2.05) is 0 Å². The molecule has 1 aromatic rings. The highest BCUT2D eigenvalue weighted by Crippen LogP contribution is 2.06. The van der Waals surface area contributed by atoms with Crippen LogP contribution in [0.4, 0.5) is 5.82 Å². The molecule has 0 fully saturated rings. The molecule has 1 atom stereocenters. The topological polar surface area (TPSA) is 93.6 Å². The van der Waals surface area contributed by atoms with Gasteiger partial charge in [-0.05, 0) is 6.42 Å². The van der Waals surface area contributed by atoms with Gasteiger partial charge in [-0.25, -0.2) is 14.8 Å². The predicted octanol–water partition coefficient (Wildman–Crippen LogP) is 0.0725. The van der Waals surface area contributed by atoms with Crippen molar-refractivity contribution in [3.8, 4) is 0 Å². The van der Waals surface area contributed by atoms with Gasteiger partial charge in [0.1, 0.15) is 5.82 Å². The summed E-state index contributed by atoms with van der Waals surface area (Å²) in [4.78, 5) is 19.1. The molecule has 0 spiro atoms. The molecular weight excluding hydrogens is 238 g/mol. The highest BCUT2D eigenvalue weighted by atomic mass is 16.5. The summed E-state index contributed by atoms with van der Waals surface area (Å²) in [5.74, 6) is -0.0176. The number of nitrogens with one attached hydrogen (secondary N) is 1. The maximum absolute atomic E-state index is 11.2. The summed E-state index contributed by atoms with van der Waals surface area (Å²) in [6, 6.07) is -0.0572. The van der Waals surface area contributed by atoms with Crippen molar-refractivity contribution in [1.82, 2.24) is 9.97 Å². The van der Waals surface area contributed by atoms with E-state index in [4.69, 9.17) is 9.84 Å². The van der Waals surface area contributed by atoms with Crippen LogP contribution >= 0.6 is 0 Å². The fourth-order valence-electron chi connectivity index (χ4n) is 1.38. The Bertz CT molecular complexity index is 363. The molecule has 1 heterocycles. The van der Waals surface area contributed by atoms with E-state index in [-0.39, 0.29) is 18.3 Å². The normalized spacial score (nSPS) is 11.9. The molecule has 1 aromatic heterocycles. The zero-order valence-corrected chi connectivity index (χ0v) is 10.4. The SMILES string of the molecule is COCC(CCO)Nc1cnc(C(=O)OC)cn1. The highest BCUT2D eigenvalue weighted by molar-refractivity contribution is 5.86. The molecule has 18 heavy (non-hydrogen) atoms. The van der Waals surface area contributed by atoms with Gasteiger partial charge in [0.25, 0.3) is 0 Å². The minimum Gasteiger partial charge on any atom is -0.464 e. The molecule has 7 nitrogen and oxygen atoms in total. The zero-order chi connectivity index (χ0) is 13.4. The van der Waals surface area contributed by atoms with Crippen LogP contribution in [-0.4, -0.2) is 54.5 Å². The number of aliphatic hydroxyl groups excluding tert-OH is 1. The molecule has 0 amide bonds. The van der Waals surface area contributed by atoms with Crippen molar-refractivity contribution in [3.63, 3.8) is 0 Å². The largest absolute Gasteiger partial charge is 0.464 e. The van der Waals surface area contributed by atoms with E-state index in [1.54, 1.807) is 7.11 Å². The standard InChI is InChI=1S/C11H17N3O4/c1-17-7-8(3-4-15)14-10-6-12-9(5-13-10)11(16)18-2/h5-6,8,15H,3-4,7H2,1-2H3,(H,13,14). The van der Waals surface area contributed by atoms with Gasteiger partial charge < -0.3 is 19.9 Å². The number of nitrogens with zero attached hydrogens (tertiary/aromatic N) is 2. The van der Waals surface area contributed by atoms with E-state index >= 15 is 0 Å². The minimum absolute atomic E-state index is 0.0503. The maximum Gasteiger partial charge on any atom is 0.358 e. The Balaban J connectivity index is 2.63. The summed E-state index contributed by atoms with van der Waals surface area (Å²) in [7, 11) is 2.87. The van der Waals surface area contributed by atoms with Crippen molar-refractivity contribution in [1.29, 1.82) is 0 Å². The third-order valence-corrected chi connectivity index (χ3v) is 2.24. The van der Waals surface area contributed by atoms with E-state index in [9.17, 15) is 4.79 Å². The number of carbonyl (C=O) groups is 1. The first-order valence-corrected chi connectivity index (χ1v) is 5.48. The van der Waals surface area contributed by atoms with Crippen LogP contribution < -0.4 is 5.32 Å². The lowest BCUT2D eigenvalue weighted by molar-refractivity contribution is 0.0593. The molecule has 0 aliphatic heterocycles. The monoisotopic (exact) mass is 255 g/mol. The van der Waals surface area contributed by atoms with Crippen molar-refractivity contribution in [2.75, 3.05) is 32.8 Å². The number of aliphatic hydroxyl groups is 1. The van der Waals surface area contributed by atoms with Crippen LogP contribution in [0.2, 0.25) is 0 Å². The summed E-state index contributed by atoms with van der Waals surface area (Å²) in [6.07, 6.45) is 3.30. The average molecular weight is 255 g/mol. The first-order chi connectivity index (χ1) is 8.71. The van der Waals surface area contributed by atoms with Crippen LogP contribution in [-0.2, 0) is 9.47 Å². The second-order valence-electron chi connectivity index (χ2n) is 3.59. The third-order valence-electron chi connectivity index (χ3n) is 2.24. The predicted molar refractivity (Wildman–Crippen MR) is 64.4 cm³/mol. The molecule has 0 saturated heterocycles. The second kappa shape index (κ2) is 7.57. The number of ether oxygens (including phenoxy) is 2. The lowest BCUT2D eigenvalue weighted by atomic mass is 10.2. The van der Waals surface area contributed by atoms with Crippen molar-refractivity contribution in [2.45, 2.75) is 12.5 Å². The van der Waals surface area contributed by atoms with Gasteiger partial charge in [-0.15, -0.1) is 0 Å². The number of carbonyl (C=O) groups excluding carboxylic acids is 1. The molecule has 100 valence electrons. The van der Waals surface area contributed by atoms with Gasteiger partial charge in [0.05, 0.1) is 32.2 Å². The van der Waals surface area contributed by atoms with Crippen LogP contribution in [0, 0.1) is 0 Å². The van der Waals surface area contributed by atoms with Crippen LogP contribution in [0.1, 0.15) is 16.9 Å². The van der Waals surface area contributed by atoms with Gasteiger partial charge in [0.15, 0.2) is 5.69 Å². The van der Waals surface area contributed by atoms with Gasteiger partial charge in [-0.3, -0.25) is 0 Å². The lowest BCUT2D eigenvalue weighted by Crippen LogP contribution is -2.26. The molecule has 0 aliphatic rings. The smallest absolute Gasteiger partial charge is 0.358 e. The number of aromatic nitrogens is 2. The summed E-state index contributed by atoms with van der Waals surface area (Å²) in [6.45, 7) is 0.496. The molecule has 0 radical (unpaired) electrons. The lowest BCUT2D eigenvalue weighted by Gasteiger charge is -2.16. The van der Waals surface area contributed by atoms with E-state index in [0.717, 1.165) is 0 Å². The second-order valence-corrected chi connectivity index (χ2v) is 3.59. The van der Waals surface area contributed by atoms with Gasteiger partial charge in [0, 0.05) is 13.7 Å². The zero-order valence-electron chi connectivity index (χ0n) is 10.4. The molecule has 0 bridgehead atoms. The number of rotatable bonds is 7. The summed E-state index contributed by atoms with van der Waals surface area (Å²) >= 11 is 0. The van der Waals surface area contributed by atoms with Crippen LogP contribution in [0.15, 0.2) is 12.4 Å². The van der Waals surface area contributed by atoms with Gasteiger partial charge in [0.2, 0.25) is 0 Å². The maximum atomic E-state index is 11.2. The summed E-state index contributed by atoms with van der Waals surface area (Å²) in [5.41, 5.74) is 0.147. The van der Waals surface area contributed by atoms with Crippen LogP contribution in [0.25, 0.3) is 0 Å². The van der Waals surface area contributed by atoms with E-state index in [0.29, 0.717) is 18.8 Å². The van der Waals surface area contributed by atoms with Gasteiger partial charge in [-0.2, -0.15) is 0 Å².